The molecule has 2 amide bonds. The van der Waals surface area contributed by atoms with E-state index in [1.54, 1.807) is 84.9 Å². The highest BCUT2D eigenvalue weighted by Gasteiger charge is 2.14. The van der Waals surface area contributed by atoms with Gasteiger partial charge in [-0.25, -0.2) is 10.2 Å². The van der Waals surface area contributed by atoms with Gasteiger partial charge in [-0.1, -0.05) is 41.9 Å². The number of hydrazone groups is 1. The number of anilines is 1. The summed E-state index contributed by atoms with van der Waals surface area (Å²) in [4.78, 5) is 40.1. The van der Waals surface area contributed by atoms with E-state index >= 15 is 0 Å². The van der Waals surface area contributed by atoms with Gasteiger partial charge in [0.25, 0.3) is 11.8 Å². The zero-order chi connectivity index (χ0) is 29.2. The minimum atomic E-state index is -0.601. The van der Waals surface area contributed by atoms with Crippen LogP contribution in [-0.2, 0) is 4.79 Å². The van der Waals surface area contributed by atoms with Gasteiger partial charge in [0.15, 0.2) is 0 Å². The molecule has 0 heterocycles. The maximum Gasteiger partial charge on any atom is 0.343 e. The van der Waals surface area contributed by atoms with E-state index in [9.17, 15) is 14.4 Å². The molecule has 0 aromatic heterocycles. The zero-order valence-electron chi connectivity index (χ0n) is 22.4. The largest absolute Gasteiger partial charge is 0.423 e. The molecule has 4 rings (SSSR count). The van der Waals surface area contributed by atoms with Gasteiger partial charge in [0.05, 0.1) is 11.8 Å². The normalized spacial score (nSPS) is 11.1. The second-order valence-corrected chi connectivity index (χ2v) is 9.47. The Labute approximate surface area is 242 Å². The van der Waals surface area contributed by atoms with Gasteiger partial charge in [0.2, 0.25) is 0 Å². The molecule has 41 heavy (non-hydrogen) atoms. The third-order valence-electron chi connectivity index (χ3n) is 5.80. The molecule has 4 aromatic rings. The van der Waals surface area contributed by atoms with Crippen LogP contribution < -0.4 is 20.4 Å². The first kappa shape index (κ1) is 28.8. The van der Waals surface area contributed by atoms with E-state index in [2.05, 4.69) is 15.8 Å². The number of hydrogen-bond acceptors (Lipinski definition) is 6. The maximum absolute atomic E-state index is 13.0. The zero-order valence-corrected chi connectivity index (χ0v) is 23.1. The lowest BCUT2D eigenvalue weighted by Crippen LogP contribution is -2.32. The minimum Gasteiger partial charge on any atom is -0.423 e. The van der Waals surface area contributed by atoms with Crippen LogP contribution in [-0.4, -0.2) is 38.1 Å². The summed E-state index contributed by atoms with van der Waals surface area (Å²) in [6.07, 6.45) is 3.01. The molecule has 0 saturated carbocycles. The van der Waals surface area contributed by atoms with Gasteiger partial charge >= 0.3 is 5.97 Å². The highest BCUT2D eigenvalue weighted by atomic mass is 35.5. The molecule has 0 fully saturated rings. The predicted molar refractivity (Wildman–Crippen MR) is 161 cm³/mol. The van der Waals surface area contributed by atoms with Gasteiger partial charge in [-0.3, -0.25) is 9.59 Å². The van der Waals surface area contributed by atoms with E-state index in [1.165, 1.54) is 6.21 Å². The Morgan fingerprint density at radius 1 is 0.780 bits per heavy atom. The second-order valence-electron chi connectivity index (χ2n) is 9.03. The first-order valence-electron chi connectivity index (χ1n) is 12.6. The van der Waals surface area contributed by atoms with Crippen LogP contribution in [0.5, 0.6) is 5.75 Å². The van der Waals surface area contributed by atoms with Gasteiger partial charge in [0.1, 0.15) is 11.4 Å². The molecule has 4 aromatic carbocycles. The second kappa shape index (κ2) is 13.7. The summed E-state index contributed by atoms with van der Waals surface area (Å²) in [7, 11) is 3.87. The molecule has 0 atom stereocenters. The van der Waals surface area contributed by atoms with Gasteiger partial charge in [-0.15, -0.1) is 0 Å². The quantitative estimate of drug-likeness (QED) is 0.0910. The average molecular weight is 567 g/mol. The van der Waals surface area contributed by atoms with Crippen molar-refractivity contribution in [2.24, 2.45) is 5.10 Å². The molecule has 206 valence electrons. The smallest absolute Gasteiger partial charge is 0.343 e. The lowest BCUT2D eigenvalue weighted by Gasteiger charge is -2.12. The van der Waals surface area contributed by atoms with Gasteiger partial charge in [-0.05, 0) is 90.0 Å². The molecule has 0 aliphatic rings. The number of benzene rings is 4. The Morgan fingerprint density at radius 2 is 1.41 bits per heavy atom. The summed E-state index contributed by atoms with van der Waals surface area (Å²) >= 11 is 5.86. The van der Waals surface area contributed by atoms with E-state index in [0.717, 1.165) is 11.3 Å². The van der Waals surface area contributed by atoms with Crippen LogP contribution in [0.15, 0.2) is 114 Å². The van der Waals surface area contributed by atoms with Crippen LogP contribution in [0.4, 0.5) is 5.69 Å². The number of hydrogen-bond donors (Lipinski definition) is 2. The van der Waals surface area contributed by atoms with Crippen LogP contribution in [0.3, 0.4) is 0 Å². The molecule has 0 saturated heterocycles. The van der Waals surface area contributed by atoms with Crippen LogP contribution in [0.25, 0.3) is 6.08 Å². The van der Waals surface area contributed by atoms with E-state index in [-0.39, 0.29) is 5.70 Å². The first-order valence-corrected chi connectivity index (χ1v) is 12.9. The number of carbonyl (C=O) groups is 3. The lowest BCUT2D eigenvalue weighted by atomic mass is 10.1. The molecule has 0 radical (unpaired) electrons. The number of rotatable bonds is 9. The number of amides is 2. The summed E-state index contributed by atoms with van der Waals surface area (Å²) < 4.78 is 5.37. The molecule has 9 heteroatoms. The SMILES string of the molecule is CN(C)c1ccc(/C=C(/NC(=O)c2ccccc2)C(=O)N/N=C/c2ccc(OC(=O)c3ccc(Cl)cc3)cc2)cc1. The monoisotopic (exact) mass is 566 g/mol. The average Bonchev–Trinajstić information content (AvgIpc) is 2.98. The summed E-state index contributed by atoms with van der Waals surface area (Å²) in [5.74, 6) is -1.19. The third-order valence-corrected chi connectivity index (χ3v) is 6.05. The van der Waals surface area contributed by atoms with Crippen molar-refractivity contribution in [3.05, 3.63) is 136 Å². The number of esters is 1. The Morgan fingerprint density at radius 3 is 2.05 bits per heavy atom. The standard InChI is InChI=1S/C32H27ClN4O4/c1-37(2)27-16-8-22(9-17-27)20-29(35-30(38)24-6-4-3-5-7-24)31(39)36-34-21-23-10-18-28(19-11-23)41-32(40)25-12-14-26(33)15-13-25/h3-21H,1-2H3,(H,35,38)(H,36,39)/b29-20+,34-21+. The topological polar surface area (TPSA) is 100 Å². The van der Waals surface area contributed by atoms with Crippen molar-refractivity contribution in [1.82, 2.24) is 10.7 Å². The van der Waals surface area contributed by atoms with Crippen molar-refractivity contribution in [1.29, 1.82) is 0 Å². The van der Waals surface area contributed by atoms with Gasteiger partial charge in [-0.2, -0.15) is 5.10 Å². The van der Waals surface area contributed by atoms with Crippen LogP contribution in [0, 0.1) is 0 Å². The molecular formula is C32H27ClN4O4. The molecular weight excluding hydrogens is 540 g/mol. The fraction of sp³-hybridized carbons (Fsp3) is 0.0625. The van der Waals surface area contributed by atoms with Crippen molar-refractivity contribution in [3.63, 3.8) is 0 Å². The summed E-state index contributed by atoms with van der Waals surface area (Å²) in [5.41, 5.74) is 5.63. The number of halogens is 1. The molecule has 0 bridgehead atoms. The molecule has 0 unspecified atom stereocenters. The van der Waals surface area contributed by atoms with Crippen molar-refractivity contribution in [2.45, 2.75) is 0 Å². The van der Waals surface area contributed by atoms with Crippen molar-refractivity contribution < 1.29 is 19.1 Å². The van der Waals surface area contributed by atoms with E-state index in [0.29, 0.717) is 27.5 Å². The first-order chi connectivity index (χ1) is 19.8. The highest BCUT2D eigenvalue weighted by molar-refractivity contribution is 6.30. The minimum absolute atomic E-state index is 0.0260. The predicted octanol–water partition coefficient (Wildman–Crippen LogP) is 5.55. The fourth-order valence-electron chi connectivity index (χ4n) is 3.58. The van der Waals surface area contributed by atoms with Gasteiger partial charge < -0.3 is 15.0 Å². The number of nitrogens with zero attached hydrogens (tertiary/aromatic N) is 2. The number of carbonyl (C=O) groups excluding carboxylic acids is 3. The van der Waals surface area contributed by atoms with Crippen LogP contribution in [0.1, 0.15) is 31.8 Å². The fourth-order valence-corrected chi connectivity index (χ4v) is 3.70. The number of nitrogens with one attached hydrogen (secondary N) is 2. The van der Waals surface area contributed by atoms with Crippen molar-refractivity contribution in [2.75, 3.05) is 19.0 Å². The van der Waals surface area contributed by atoms with Crippen LogP contribution in [0.2, 0.25) is 5.02 Å². The Kier molecular flexibility index (Phi) is 9.64. The number of ether oxygens (including phenoxy) is 1. The van der Waals surface area contributed by atoms with Gasteiger partial charge in [0, 0.05) is 30.4 Å². The Balaban J connectivity index is 1.43. The third kappa shape index (κ3) is 8.39. The van der Waals surface area contributed by atoms with Crippen LogP contribution >= 0.6 is 11.6 Å². The van der Waals surface area contributed by atoms with Crippen molar-refractivity contribution in [3.8, 4) is 5.75 Å². The van der Waals surface area contributed by atoms with E-state index in [1.807, 2.05) is 43.3 Å². The van der Waals surface area contributed by atoms with E-state index < -0.39 is 17.8 Å². The molecule has 0 aliphatic carbocycles. The maximum atomic E-state index is 13.0. The summed E-state index contributed by atoms with van der Waals surface area (Å²) in [6, 6.07) is 29.1. The molecule has 8 nitrogen and oxygen atoms in total. The molecule has 2 N–H and O–H groups in total. The Hall–Kier alpha value is -5.21. The van der Waals surface area contributed by atoms with Crippen molar-refractivity contribution >= 4 is 47.4 Å². The molecule has 0 aliphatic heterocycles. The van der Waals surface area contributed by atoms with E-state index in [4.69, 9.17) is 16.3 Å². The molecule has 0 spiro atoms. The highest BCUT2D eigenvalue weighted by Crippen LogP contribution is 2.16. The Bertz CT molecular complexity index is 1570. The lowest BCUT2D eigenvalue weighted by molar-refractivity contribution is -0.117. The summed E-state index contributed by atoms with van der Waals surface area (Å²) in [5, 5.41) is 7.23. The summed E-state index contributed by atoms with van der Waals surface area (Å²) in [6.45, 7) is 0.